The molecule has 2 rings (SSSR count). The fraction of sp³-hybridized carbons (Fsp3) is 0.308. The Labute approximate surface area is 126 Å². The Kier molecular flexibility index (Phi) is 5.18. The summed E-state index contributed by atoms with van der Waals surface area (Å²) >= 11 is 4.85. The van der Waals surface area contributed by atoms with Gasteiger partial charge in [0.25, 0.3) is 5.91 Å². The van der Waals surface area contributed by atoms with E-state index in [-0.39, 0.29) is 16.4 Å². The molecular formula is C13H15FN4O2S. The number of nitrogens with two attached hydrogens (primary N) is 1. The molecule has 0 aliphatic carbocycles. The van der Waals surface area contributed by atoms with Crippen molar-refractivity contribution in [3.63, 3.8) is 0 Å². The van der Waals surface area contributed by atoms with Gasteiger partial charge in [-0.2, -0.15) is 5.10 Å². The van der Waals surface area contributed by atoms with Gasteiger partial charge in [-0.05, 0) is 12.1 Å². The van der Waals surface area contributed by atoms with Crippen LogP contribution in [0.1, 0.15) is 0 Å². The normalized spacial score (nSPS) is 15.7. The third-order valence-corrected chi connectivity index (χ3v) is 3.09. The first-order valence-corrected chi connectivity index (χ1v) is 6.75. The van der Waals surface area contributed by atoms with Crippen LogP contribution in [0.2, 0.25) is 0 Å². The Morgan fingerprint density at radius 2 is 2.05 bits per heavy atom. The topological polar surface area (TPSA) is 79.9 Å². The monoisotopic (exact) mass is 310 g/mol. The molecule has 3 N–H and O–H groups in total. The van der Waals surface area contributed by atoms with Crippen molar-refractivity contribution in [3.8, 4) is 0 Å². The van der Waals surface area contributed by atoms with Crippen molar-refractivity contribution in [2.24, 2.45) is 10.8 Å². The van der Waals surface area contributed by atoms with E-state index in [9.17, 15) is 9.18 Å². The average molecular weight is 310 g/mol. The van der Waals surface area contributed by atoms with Crippen molar-refractivity contribution in [2.45, 2.75) is 0 Å². The maximum absolute atomic E-state index is 13.5. The van der Waals surface area contributed by atoms with Gasteiger partial charge in [-0.3, -0.25) is 10.2 Å². The number of ether oxygens (including phenoxy) is 1. The Morgan fingerprint density at radius 3 is 2.67 bits per heavy atom. The van der Waals surface area contributed by atoms with E-state index in [0.717, 1.165) is 0 Å². The molecule has 1 fully saturated rings. The van der Waals surface area contributed by atoms with Crippen molar-refractivity contribution in [3.05, 3.63) is 30.1 Å². The maximum atomic E-state index is 13.5. The minimum atomic E-state index is -0.484. The minimum absolute atomic E-state index is 0.102. The summed E-state index contributed by atoms with van der Waals surface area (Å²) in [6.07, 6.45) is 0. The second kappa shape index (κ2) is 7.09. The highest BCUT2D eigenvalue weighted by atomic mass is 32.1. The Hall–Kier alpha value is -2.06. The summed E-state index contributed by atoms with van der Waals surface area (Å²) in [4.78, 5) is 13.7. The number of hydrogen-bond donors (Lipinski definition) is 2. The number of para-hydroxylation sites is 1. The molecule has 1 aromatic rings. The number of hydrogen-bond acceptors (Lipinski definition) is 5. The number of nitrogens with one attached hydrogen (secondary N) is 1. The van der Waals surface area contributed by atoms with Crippen molar-refractivity contribution < 1.29 is 13.9 Å². The second-order valence-electron chi connectivity index (χ2n) is 4.32. The molecule has 1 aromatic carbocycles. The number of carbonyl (C=O) groups is 1. The van der Waals surface area contributed by atoms with Gasteiger partial charge in [0.05, 0.1) is 18.9 Å². The van der Waals surface area contributed by atoms with Gasteiger partial charge in [0.15, 0.2) is 5.71 Å². The third kappa shape index (κ3) is 3.96. The molecule has 8 heteroatoms. The van der Waals surface area contributed by atoms with Crippen LogP contribution < -0.4 is 11.2 Å². The summed E-state index contributed by atoms with van der Waals surface area (Å²) < 4.78 is 18.7. The van der Waals surface area contributed by atoms with E-state index < -0.39 is 11.7 Å². The van der Waals surface area contributed by atoms with E-state index in [1.807, 2.05) is 0 Å². The number of thiocarbonyl (C=S) groups is 1. The molecule has 0 unspecified atom stereocenters. The fourth-order valence-corrected chi connectivity index (χ4v) is 1.93. The number of hydrazone groups is 1. The van der Waals surface area contributed by atoms with Crippen molar-refractivity contribution in [1.82, 2.24) is 4.90 Å². The molecule has 0 bridgehead atoms. The van der Waals surface area contributed by atoms with Crippen molar-refractivity contribution in [1.29, 1.82) is 0 Å². The van der Waals surface area contributed by atoms with Gasteiger partial charge in [-0.1, -0.05) is 24.4 Å². The maximum Gasteiger partial charge on any atom is 0.277 e. The third-order valence-electron chi connectivity index (χ3n) is 2.90. The van der Waals surface area contributed by atoms with E-state index in [2.05, 4.69) is 10.5 Å². The highest BCUT2D eigenvalue weighted by Gasteiger charge is 2.24. The number of carbonyl (C=O) groups excluding carboxylic acids is 1. The first-order valence-electron chi connectivity index (χ1n) is 6.34. The zero-order valence-corrected chi connectivity index (χ0v) is 12.0. The van der Waals surface area contributed by atoms with Crippen LogP contribution >= 0.6 is 12.2 Å². The number of rotatable bonds is 4. The van der Waals surface area contributed by atoms with Crippen LogP contribution in [-0.2, 0) is 9.53 Å². The summed E-state index contributed by atoms with van der Waals surface area (Å²) in [7, 11) is 0. The molecule has 0 radical (unpaired) electrons. The summed E-state index contributed by atoms with van der Waals surface area (Å²) in [6, 6.07) is 5.97. The Bertz CT molecular complexity index is 573. The molecule has 0 atom stereocenters. The SMILES string of the molecule is NC(=S)C(=NNc1ccccc1F)C(=O)N1CCOCC1. The Morgan fingerprint density at radius 1 is 1.38 bits per heavy atom. The summed E-state index contributed by atoms with van der Waals surface area (Å²) in [5.74, 6) is -0.878. The first kappa shape index (κ1) is 15.3. The van der Waals surface area contributed by atoms with Crippen LogP contribution in [0.25, 0.3) is 0 Å². The van der Waals surface area contributed by atoms with Gasteiger partial charge in [-0.25, -0.2) is 4.39 Å². The van der Waals surface area contributed by atoms with Crippen LogP contribution in [0.15, 0.2) is 29.4 Å². The zero-order valence-electron chi connectivity index (χ0n) is 11.2. The van der Waals surface area contributed by atoms with E-state index in [4.69, 9.17) is 22.7 Å². The number of morpholine rings is 1. The lowest BCUT2D eigenvalue weighted by Gasteiger charge is -2.26. The lowest BCUT2D eigenvalue weighted by Crippen LogP contribution is -2.47. The first-order chi connectivity index (χ1) is 10.1. The fourth-order valence-electron chi connectivity index (χ4n) is 1.79. The summed E-state index contributed by atoms with van der Waals surface area (Å²) in [6.45, 7) is 1.80. The molecule has 1 saturated heterocycles. The number of amides is 1. The van der Waals surface area contributed by atoms with E-state index >= 15 is 0 Å². The molecule has 0 aromatic heterocycles. The molecule has 21 heavy (non-hydrogen) atoms. The summed E-state index contributed by atoms with van der Waals surface area (Å²) in [5.41, 5.74) is 8.05. The molecule has 1 aliphatic rings. The zero-order chi connectivity index (χ0) is 15.2. The lowest BCUT2D eigenvalue weighted by molar-refractivity contribution is -0.127. The Balaban J connectivity index is 2.14. The van der Waals surface area contributed by atoms with Gasteiger partial charge < -0.3 is 15.4 Å². The van der Waals surface area contributed by atoms with Crippen molar-refractivity contribution in [2.75, 3.05) is 31.7 Å². The average Bonchev–Trinajstić information content (AvgIpc) is 2.49. The van der Waals surface area contributed by atoms with Crippen LogP contribution in [0.4, 0.5) is 10.1 Å². The van der Waals surface area contributed by atoms with Crippen LogP contribution in [0.3, 0.4) is 0 Å². The highest BCUT2D eigenvalue weighted by molar-refractivity contribution is 7.82. The van der Waals surface area contributed by atoms with Gasteiger partial charge >= 0.3 is 0 Å². The largest absolute Gasteiger partial charge is 0.388 e. The quantitative estimate of drug-likeness (QED) is 0.487. The summed E-state index contributed by atoms with van der Waals surface area (Å²) in [5, 5.41) is 3.86. The molecule has 1 amide bonds. The van der Waals surface area contributed by atoms with Gasteiger partial charge in [0, 0.05) is 13.1 Å². The minimum Gasteiger partial charge on any atom is -0.388 e. The smallest absolute Gasteiger partial charge is 0.277 e. The van der Waals surface area contributed by atoms with E-state index in [1.54, 1.807) is 17.0 Å². The molecule has 1 aliphatic heterocycles. The predicted molar refractivity (Wildman–Crippen MR) is 81.6 cm³/mol. The number of benzene rings is 1. The van der Waals surface area contributed by atoms with Crippen LogP contribution in [-0.4, -0.2) is 47.8 Å². The number of halogens is 1. The molecule has 112 valence electrons. The van der Waals surface area contributed by atoms with Gasteiger partial charge in [-0.15, -0.1) is 0 Å². The van der Waals surface area contributed by atoms with Gasteiger partial charge in [0.2, 0.25) is 0 Å². The molecule has 6 nitrogen and oxygen atoms in total. The molecular weight excluding hydrogens is 295 g/mol. The number of anilines is 1. The predicted octanol–water partition coefficient (Wildman–Crippen LogP) is 0.738. The van der Waals surface area contributed by atoms with E-state index in [1.165, 1.54) is 12.1 Å². The standard InChI is InChI=1S/C13H15FN4O2S/c14-9-3-1-2-4-10(9)16-17-11(12(15)21)13(19)18-5-7-20-8-6-18/h1-4,16H,5-8H2,(H2,15,21). The molecule has 0 spiro atoms. The lowest BCUT2D eigenvalue weighted by atomic mass is 10.3. The number of nitrogens with zero attached hydrogens (tertiary/aromatic N) is 2. The van der Waals surface area contributed by atoms with Gasteiger partial charge in [0.1, 0.15) is 10.8 Å². The molecule has 1 heterocycles. The van der Waals surface area contributed by atoms with E-state index in [0.29, 0.717) is 26.3 Å². The van der Waals surface area contributed by atoms with Crippen molar-refractivity contribution >= 4 is 34.5 Å². The highest BCUT2D eigenvalue weighted by Crippen LogP contribution is 2.12. The molecule has 0 saturated carbocycles. The second-order valence-corrected chi connectivity index (χ2v) is 4.76. The van der Waals surface area contributed by atoms with Crippen LogP contribution in [0.5, 0.6) is 0 Å². The van der Waals surface area contributed by atoms with Crippen LogP contribution in [0, 0.1) is 5.82 Å².